The van der Waals surface area contributed by atoms with Gasteiger partial charge in [-0.3, -0.25) is 0 Å². The highest BCUT2D eigenvalue weighted by molar-refractivity contribution is 6.34. The molecule has 6 heteroatoms. The third kappa shape index (κ3) is 3.79. The molecule has 48 heavy (non-hydrogen) atoms. The van der Waals surface area contributed by atoms with Gasteiger partial charge in [-0.2, -0.15) is 0 Å². The molecule has 0 saturated heterocycles. The average molecular weight is 656 g/mol. The number of rotatable bonds is 3. The summed E-state index contributed by atoms with van der Waals surface area (Å²) < 4.78 is 4.45. The third-order valence-corrected chi connectivity index (χ3v) is 10.1. The fourth-order valence-electron chi connectivity index (χ4n) is 7.40. The SMILES string of the molecule is Clc1ccccc1-c1nc2c3ccccc3c3ccccc3c2n1-n1c(-c2ccccc2Cl)nc2c3ccccc3c3ccccc3c21. The van der Waals surface area contributed by atoms with Crippen molar-refractivity contribution in [3.05, 3.63) is 156 Å². The van der Waals surface area contributed by atoms with Gasteiger partial charge in [0.2, 0.25) is 0 Å². The molecule has 2 aromatic heterocycles. The van der Waals surface area contributed by atoms with E-state index < -0.39 is 0 Å². The minimum Gasteiger partial charge on any atom is -0.226 e. The molecule has 10 rings (SSSR count). The molecule has 0 spiro atoms. The number of halogens is 2. The number of imidazole rings is 2. The van der Waals surface area contributed by atoms with E-state index in [1.165, 1.54) is 0 Å². The summed E-state index contributed by atoms with van der Waals surface area (Å²) in [5.41, 5.74) is 5.34. The molecular formula is C42H24Cl2N4. The van der Waals surface area contributed by atoms with Crippen LogP contribution in [0.2, 0.25) is 10.0 Å². The number of nitrogens with zero attached hydrogens (tertiary/aromatic N) is 4. The summed E-state index contributed by atoms with van der Waals surface area (Å²) >= 11 is 14.1. The molecule has 0 amide bonds. The summed E-state index contributed by atoms with van der Waals surface area (Å²) in [6.07, 6.45) is 0. The first kappa shape index (κ1) is 27.4. The van der Waals surface area contributed by atoms with Crippen LogP contribution in [0.15, 0.2) is 146 Å². The lowest BCUT2D eigenvalue weighted by Crippen LogP contribution is -2.13. The van der Waals surface area contributed by atoms with Crippen molar-refractivity contribution in [3.63, 3.8) is 0 Å². The topological polar surface area (TPSA) is 35.6 Å². The Hall–Kier alpha value is -5.68. The van der Waals surface area contributed by atoms with Crippen molar-refractivity contribution in [2.75, 3.05) is 0 Å². The fraction of sp³-hybridized carbons (Fsp3) is 0. The first-order chi connectivity index (χ1) is 23.7. The van der Waals surface area contributed by atoms with Gasteiger partial charge in [-0.15, -0.1) is 0 Å². The second-order valence-electron chi connectivity index (χ2n) is 12.0. The summed E-state index contributed by atoms with van der Waals surface area (Å²) in [7, 11) is 0. The van der Waals surface area contributed by atoms with Gasteiger partial charge < -0.3 is 0 Å². The van der Waals surface area contributed by atoms with Crippen LogP contribution >= 0.6 is 23.2 Å². The van der Waals surface area contributed by atoms with Crippen LogP contribution in [0.1, 0.15) is 0 Å². The molecule has 226 valence electrons. The van der Waals surface area contributed by atoms with E-state index in [1.807, 2.05) is 48.5 Å². The zero-order chi connectivity index (χ0) is 31.9. The van der Waals surface area contributed by atoms with Gasteiger partial charge in [-0.1, -0.05) is 145 Å². The van der Waals surface area contributed by atoms with E-state index in [4.69, 9.17) is 33.2 Å². The second-order valence-corrected chi connectivity index (χ2v) is 12.8. The van der Waals surface area contributed by atoms with Crippen LogP contribution in [0, 0.1) is 0 Å². The number of aromatic nitrogens is 4. The van der Waals surface area contributed by atoms with Crippen LogP contribution in [0.3, 0.4) is 0 Å². The van der Waals surface area contributed by atoms with Crippen LogP contribution in [-0.2, 0) is 0 Å². The smallest absolute Gasteiger partial charge is 0.162 e. The number of hydrogen-bond donors (Lipinski definition) is 0. The van der Waals surface area contributed by atoms with Crippen molar-refractivity contribution in [3.8, 4) is 22.8 Å². The first-order valence-electron chi connectivity index (χ1n) is 15.8. The molecule has 0 aliphatic carbocycles. The van der Waals surface area contributed by atoms with Gasteiger partial charge in [0, 0.05) is 32.7 Å². The Morgan fingerprint density at radius 3 is 1.00 bits per heavy atom. The Labute approximate surface area is 285 Å². The molecule has 0 bridgehead atoms. The summed E-state index contributed by atoms with van der Waals surface area (Å²) in [6, 6.07) is 49.9. The molecule has 0 saturated carbocycles. The van der Waals surface area contributed by atoms with E-state index in [1.54, 1.807) is 0 Å². The molecule has 0 aliphatic heterocycles. The van der Waals surface area contributed by atoms with E-state index in [0.29, 0.717) is 21.7 Å². The number of hydrogen-bond acceptors (Lipinski definition) is 2. The summed E-state index contributed by atoms with van der Waals surface area (Å²) in [4.78, 5) is 11.0. The van der Waals surface area contributed by atoms with E-state index in [2.05, 4.69) is 106 Å². The molecule has 0 aliphatic rings. The zero-order valence-corrected chi connectivity index (χ0v) is 26.9. The fourth-order valence-corrected chi connectivity index (χ4v) is 7.85. The minimum atomic E-state index is 0.613. The van der Waals surface area contributed by atoms with Gasteiger partial charge in [-0.25, -0.2) is 19.3 Å². The highest BCUT2D eigenvalue weighted by Gasteiger charge is 2.27. The lowest BCUT2D eigenvalue weighted by Gasteiger charge is -2.18. The van der Waals surface area contributed by atoms with Gasteiger partial charge in [0.05, 0.1) is 32.1 Å². The Bertz CT molecular complexity index is 2740. The maximum absolute atomic E-state index is 7.03. The maximum Gasteiger partial charge on any atom is 0.162 e. The lowest BCUT2D eigenvalue weighted by atomic mass is 10.00. The first-order valence-corrected chi connectivity index (χ1v) is 16.6. The Balaban J connectivity index is 1.54. The van der Waals surface area contributed by atoms with Crippen molar-refractivity contribution in [1.29, 1.82) is 0 Å². The van der Waals surface area contributed by atoms with Crippen molar-refractivity contribution < 1.29 is 0 Å². The van der Waals surface area contributed by atoms with Gasteiger partial charge in [-0.05, 0) is 45.8 Å². The van der Waals surface area contributed by atoms with E-state index in [9.17, 15) is 0 Å². The average Bonchev–Trinajstić information content (AvgIpc) is 3.72. The third-order valence-electron chi connectivity index (χ3n) is 9.45. The monoisotopic (exact) mass is 654 g/mol. The molecule has 0 fully saturated rings. The van der Waals surface area contributed by atoms with Gasteiger partial charge in [0.1, 0.15) is 0 Å². The summed E-state index contributed by atoms with van der Waals surface area (Å²) in [5.74, 6) is 1.42. The molecule has 0 atom stereocenters. The zero-order valence-electron chi connectivity index (χ0n) is 25.4. The molecule has 10 aromatic rings. The van der Waals surface area contributed by atoms with Crippen LogP contribution < -0.4 is 0 Å². The predicted octanol–water partition coefficient (Wildman–Crippen LogP) is 12.0. The van der Waals surface area contributed by atoms with E-state index >= 15 is 0 Å². The Kier molecular flexibility index (Phi) is 5.95. The molecule has 8 aromatic carbocycles. The van der Waals surface area contributed by atoms with Crippen molar-refractivity contribution >= 4 is 88.4 Å². The molecule has 0 unspecified atom stereocenters. The van der Waals surface area contributed by atoms with Crippen molar-refractivity contribution in [2.45, 2.75) is 0 Å². The molecule has 0 radical (unpaired) electrons. The standard InChI is InChI=1S/C42H24Cl2N4/c43-35-23-11-9-21-33(35)41-45-37-29-17-5-1-13-25(29)27-15-3-7-19-31(27)39(37)47(41)48-40-32-20-8-4-16-28(32)26-14-2-6-18-30(26)38(40)46-42(48)34-22-10-12-24-36(34)44/h1-24H. The normalized spacial score (nSPS) is 12.0. The minimum absolute atomic E-state index is 0.613. The van der Waals surface area contributed by atoms with Crippen LogP contribution in [0.25, 0.3) is 87.9 Å². The van der Waals surface area contributed by atoms with Crippen molar-refractivity contribution in [1.82, 2.24) is 19.3 Å². The number of benzene rings is 8. The molecule has 2 heterocycles. The highest BCUT2D eigenvalue weighted by atomic mass is 35.5. The summed E-state index contributed by atoms with van der Waals surface area (Å²) in [5, 5.41) is 10.1. The van der Waals surface area contributed by atoms with Crippen LogP contribution in [-0.4, -0.2) is 19.3 Å². The molecular weight excluding hydrogens is 631 g/mol. The largest absolute Gasteiger partial charge is 0.226 e. The van der Waals surface area contributed by atoms with Gasteiger partial charge in [0.15, 0.2) is 11.6 Å². The van der Waals surface area contributed by atoms with E-state index in [-0.39, 0.29) is 0 Å². The van der Waals surface area contributed by atoms with E-state index in [0.717, 1.165) is 76.3 Å². The van der Waals surface area contributed by atoms with Gasteiger partial charge in [0.25, 0.3) is 0 Å². The highest BCUT2D eigenvalue weighted by Crippen LogP contribution is 2.43. The number of fused-ring (bicyclic) bond motifs is 12. The Morgan fingerprint density at radius 2 is 0.625 bits per heavy atom. The maximum atomic E-state index is 7.03. The van der Waals surface area contributed by atoms with Crippen molar-refractivity contribution in [2.24, 2.45) is 0 Å². The second kappa shape index (κ2) is 10.4. The van der Waals surface area contributed by atoms with Gasteiger partial charge >= 0.3 is 0 Å². The quantitative estimate of drug-likeness (QED) is 0.178. The summed E-state index contributed by atoms with van der Waals surface area (Å²) in [6.45, 7) is 0. The Morgan fingerprint density at radius 1 is 0.333 bits per heavy atom. The molecule has 0 N–H and O–H groups in total. The predicted molar refractivity (Wildman–Crippen MR) is 201 cm³/mol. The van der Waals surface area contributed by atoms with Crippen LogP contribution in [0.5, 0.6) is 0 Å². The van der Waals surface area contributed by atoms with Crippen LogP contribution in [0.4, 0.5) is 0 Å². The lowest BCUT2D eigenvalue weighted by molar-refractivity contribution is 0.723. The molecule has 4 nitrogen and oxygen atoms in total.